The standard InChI is InChI=1S/C18H21N5/c1-19-18-21-15-12-14(13-8-4-2-5-9-13)20-16(15)17(22-18)23-10-6-3-7-11-23/h2,4-5,8-9,12,20H,3,6-7,10-11H2,1H3,(H,19,21,22). The molecule has 5 heteroatoms. The highest BCUT2D eigenvalue weighted by Crippen LogP contribution is 2.30. The molecule has 1 aliphatic rings. The van der Waals surface area contributed by atoms with E-state index >= 15 is 0 Å². The lowest BCUT2D eigenvalue weighted by molar-refractivity contribution is 0.574. The van der Waals surface area contributed by atoms with Crippen LogP contribution >= 0.6 is 0 Å². The highest BCUT2D eigenvalue weighted by Gasteiger charge is 2.19. The van der Waals surface area contributed by atoms with Gasteiger partial charge in [0.05, 0.1) is 5.52 Å². The van der Waals surface area contributed by atoms with Crippen LogP contribution in [0, 0.1) is 0 Å². The lowest BCUT2D eigenvalue weighted by Gasteiger charge is -2.28. The SMILES string of the molecule is CNc1nc(N2CCCCC2)c2[nH]c(-c3ccccc3)cc2n1. The molecule has 1 aromatic carbocycles. The van der Waals surface area contributed by atoms with Crippen molar-refractivity contribution in [1.29, 1.82) is 0 Å². The quantitative estimate of drug-likeness (QED) is 0.775. The van der Waals surface area contributed by atoms with Gasteiger partial charge in [-0.3, -0.25) is 0 Å². The highest BCUT2D eigenvalue weighted by atomic mass is 15.2. The fourth-order valence-electron chi connectivity index (χ4n) is 3.22. The van der Waals surface area contributed by atoms with Crippen molar-refractivity contribution in [1.82, 2.24) is 15.0 Å². The van der Waals surface area contributed by atoms with Crippen molar-refractivity contribution in [2.75, 3.05) is 30.4 Å². The highest BCUT2D eigenvalue weighted by molar-refractivity contribution is 5.91. The van der Waals surface area contributed by atoms with Gasteiger partial charge in [0, 0.05) is 25.8 Å². The minimum Gasteiger partial charge on any atom is -0.357 e. The van der Waals surface area contributed by atoms with Crippen LogP contribution in [0.4, 0.5) is 11.8 Å². The molecule has 0 unspecified atom stereocenters. The number of nitrogens with one attached hydrogen (secondary N) is 2. The number of fused-ring (bicyclic) bond motifs is 1. The van der Waals surface area contributed by atoms with E-state index in [-0.39, 0.29) is 0 Å². The second kappa shape index (κ2) is 5.91. The maximum Gasteiger partial charge on any atom is 0.225 e. The molecule has 0 aliphatic carbocycles. The van der Waals surface area contributed by atoms with Crippen molar-refractivity contribution in [3.05, 3.63) is 36.4 Å². The van der Waals surface area contributed by atoms with Crippen molar-refractivity contribution in [2.24, 2.45) is 0 Å². The van der Waals surface area contributed by atoms with Crippen molar-refractivity contribution in [2.45, 2.75) is 19.3 Å². The first-order valence-corrected chi connectivity index (χ1v) is 8.24. The van der Waals surface area contributed by atoms with E-state index in [2.05, 4.69) is 50.5 Å². The number of nitrogens with zero attached hydrogens (tertiary/aromatic N) is 3. The Morgan fingerprint density at radius 2 is 1.83 bits per heavy atom. The predicted molar refractivity (Wildman–Crippen MR) is 94.9 cm³/mol. The van der Waals surface area contributed by atoms with Crippen LogP contribution in [0.5, 0.6) is 0 Å². The Labute approximate surface area is 135 Å². The number of aromatic amines is 1. The van der Waals surface area contributed by atoms with Crippen molar-refractivity contribution < 1.29 is 0 Å². The fourth-order valence-corrected chi connectivity index (χ4v) is 3.22. The molecule has 0 spiro atoms. The minimum atomic E-state index is 0.677. The summed E-state index contributed by atoms with van der Waals surface area (Å²) in [6.45, 7) is 2.13. The van der Waals surface area contributed by atoms with Gasteiger partial charge in [-0.25, -0.2) is 4.98 Å². The number of anilines is 2. The number of H-pyrrole nitrogens is 1. The van der Waals surface area contributed by atoms with E-state index in [1.807, 2.05) is 13.1 Å². The molecule has 3 heterocycles. The topological polar surface area (TPSA) is 56.8 Å². The average molecular weight is 307 g/mol. The van der Waals surface area contributed by atoms with E-state index in [0.29, 0.717) is 5.95 Å². The number of aromatic nitrogens is 3. The summed E-state index contributed by atoms with van der Waals surface area (Å²) in [5.41, 5.74) is 4.25. The van der Waals surface area contributed by atoms with Crippen molar-refractivity contribution in [3.8, 4) is 11.3 Å². The van der Waals surface area contributed by atoms with Gasteiger partial charge in [-0.15, -0.1) is 0 Å². The van der Waals surface area contributed by atoms with Crippen LogP contribution in [0.3, 0.4) is 0 Å². The third-order valence-electron chi connectivity index (χ3n) is 4.42. The first-order chi connectivity index (χ1) is 11.3. The molecule has 0 saturated carbocycles. The first kappa shape index (κ1) is 14.1. The molecule has 2 aromatic heterocycles. The largest absolute Gasteiger partial charge is 0.357 e. The molecule has 5 nitrogen and oxygen atoms in total. The normalized spacial score (nSPS) is 15.1. The summed E-state index contributed by atoms with van der Waals surface area (Å²) in [7, 11) is 1.87. The van der Waals surface area contributed by atoms with Crippen molar-refractivity contribution >= 4 is 22.8 Å². The second-order valence-corrected chi connectivity index (χ2v) is 5.98. The molecular formula is C18H21N5. The number of rotatable bonds is 3. The lowest BCUT2D eigenvalue weighted by atomic mass is 10.1. The van der Waals surface area contributed by atoms with Gasteiger partial charge in [0.25, 0.3) is 0 Å². The van der Waals surface area contributed by atoms with Crippen LogP contribution in [0.25, 0.3) is 22.3 Å². The molecule has 1 saturated heterocycles. The maximum absolute atomic E-state index is 4.72. The van der Waals surface area contributed by atoms with Crippen LogP contribution in [0.15, 0.2) is 36.4 Å². The van der Waals surface area contributed by atoms with Gasteiger partial charge in [0.2, 0.25) is 5.95 Å². The Morgan fingerprint density at radius 1 is 1.04 bits per heavy atom. The maximum atomic E-state index is 4.72. The third kappa shape index (κ3) is 2.63. The number of benzene rings is 1. The molecule has 1 fully saturated rings. The molecule has 1 aliphatic heterocycles. The molecule has 3 aromatic rings. The number of hydrogen-bond acceptors (Lipinski definition) is 4. The summed E-state index contributed by atoms with van der Waals surface area (Å²) in [5.74, 6) is 1.69. The van der Waals surface area contributed by atoms with E-state index in [4.69, 9.17) is 4.98 Å². The molecule has 23 heavy (non-hydrogen) atoms. The lowest BCUT2D eigenvalue weighted by Crippen LogP contribution is -2.30. The van der Waals surface area contributed by atoms with E-state index in [9.17, 15) is 0 Å². The Bertz CT molecular complexity index is 803. The van der Waals surface area contributed by atoms with E-state index < -0.39 is 0 Å². The second-order valence-electron chi connectivity index (χ2n) is 5.98. The van der Waals surface area contributed by atoms with Crippen LogP contribution in [0.2, 0.25) is 0 Å². The van der Waals surface area contributed by atoms with Crippen LogP contribution < -0.4 is 10.2 Å². The summed E-state index contributed by atoms with van der Waals surface area (Å²) in [6, 6.07) is 12.5. The Balaban J connectivity index is 1.85. The first-order valence-electron chi connectivity index (χ1n) is 8.24. The Kier molecular flexibility index (Phi) is 3.61. The van der Waals surface area contributed by atoms with E-state index in [0.717, 1.165) is 35.6 Å². The summed E-state index contributed by atoms with van der Waals surface area (Å²) >= 11 is 0. The van der Waals surface area contributed by atoms with Gasteiger partial charge in [0.1, 0.15) is 5.52 Å². The van der Waals surface area contributed by atoms with E-state index in [1.54, 1.807) is 0 Å². The number of piperidine rings is 1. The zero-order valence-electron chi connectivity index (χ0n) is 13.3. The summed E-state index contributed by atoms with van der Waals surface area (Å²) in [4.78, 5) is 15.2. The molecule has 0 bridgehead atoms. The van der Waals surface area contributed by atoms with Gasteiger partial charge >= 0.3 is 0 Å². The summed E-state index contributed by atoms with van der Waals surface area (Å²) in [5, 5.41) is 3.08. The molecule has 0 atom stereocenters. The molecule has 0 radical (unpaired) electrons. The van der Waals surface area contributed by atoms with Gasteiger partial charge in [-0.2, -0.15) is 4.98 Å². The van der Waals surface area contributed by atoms with Crippen molar-refractivity contribution in [3.63, 3.8) is 0 Å². The molecule has 2 N–H and O–H groups in total. The fraction of sp³-hybridized carbons (Fsp3) is 0.333. The number of hydrogen-bond donors (Lipinski definition) is 2. The average Bonchev–Trinajstić information content (AvgIpc) is 3.06. The third-order valence-corrected chi connectivity index (χ3v) is 4.42. The van der Waals surface area contributed by atoms with Gasteiger partial charge in [0.15, 0.2) is 5.82 Å². The molecule has 4 rings (SSSR count). The Morgan fingerprint density at radius 3 is 2.57 bits per heavy atom. The van der Waals surface area contributed by atoms with Gasteiger partial charge in [-0.1, -0.05) is 30.3 Å². The van der Waals surface area contributed by atoms with Gasteiger partial charge in [-0.05, 0) is 30.9 Å². The monoisotopic (exact) mass is 307 g/mol. The van der Waals surface area contributed by atoms with Gasteiger partial charge < -0.3 is 15.2 Å². The predicted octanol–water partition coefficient (Wildman–Crippen LogP) is 3.66. The van der Waals surface area contributed by atoms with Crippen LogP contribution in [-0.4, -0.2) is 35.1 Å². The molecule has 118 valence electrons. The van der Waals surface area contributed by atoms with Crippen LogP contribution in [0.1, 0.15) is 19.3 Å². The smallest absolute Gasteiger partial charge is 0.225 e. The minimum absolute atomic E-state index is 0.677. The zero-order chi connectivity index (χ0) is 15.6. The van der Waals surface area contributed by atoms with E-state index in [1.165, 1.54) is 24.8 Å². The summed E-state index contributed by atoms with van der Waals surface area (Å²) < 4.78 is 0. The van der Waals surface area contributed by atoms with Crippen LogP contribution in [-0.2, 0) is 0 Å². The molecular weight excluding hydrogens is 286 g/mol. The molecule has 0 amide bonds. The zero-order valence-corrected chi connectivity index (χ0v) is 13.3. The summed E-state index contributed by atoms with van der Waals surface area (Å²) in [6.07, 6.45) is 3.77. The Hall–Kier alpha value is -2.56.